The highest BCUT2D eigenvalue weighted by Gasteiger charge is 2.26. The third-order valence-electron chi connectivity index (χ3n) is 4.02. The average Bonchev–Trinajstić information content (AvgIpc) is 2.96. The highest BCUT2D eigenvalue weighted by atomic mass is 16.2. The fraction of sp³-hybridized carbons (Fsp3) is 0.294. The van der Waals surface area contributed by atoms with E-state index in [-0.39, 0.29) is 11.9 Å². The first-order valence-electron chi connectivity index (χ1n) is 7.33. The van der Waals surface area contributed by atoms with Crippen molar-refractivity contribution in [1.29, 1.82) is 5.26 Å². The summed E-state index contributed by atoms with van der Waals surface area (Å²) in [6, 6.07) is 14.0. The second-order valence-corrected chi connectivity index (χ2v) is 5.51. The Hall–Kier alpha value is -2.58. The molecule has 1 aromatic heterocycles. The molecule has 1 aliphatic heterocycles. The van der Waals surface area contributed by atoms with Crippen molar-refractivity contribution in [1.82, 2.24) is 14.8 Å². The van der Waals surface area contributed by atoms with Gasteiger partial charge in [-0.15, -0.1) is 0 Å². The lowest BCUT2D eigenvalue weighted by Crippen LogP contribution is -2.48. The zero-order valence-electron chi connectivity index (χ0n) is 12.5. The van der Waals surface area contributed by atoms with E-state index in [9.17, 15) is 4.79 Å². The summed E-state index contributed by atoms with van der Waals surface area (Å²) in [7, 11) is 1.80. The monoisotopic (exact) mass is 294 g/mol. The number of carbonyl (C=O) groups excluding carboxylic acids is 1. The number of carbonyl (C=O) groups is 1. The molecule has 22 heavy (non-hydrogen) atoms. The Kier molecular flexibility index (Phi) is 3.94. The summed E-state index contributed by atoms with van der Waals surface area (Å²) in [5.41, 5.74) is 2.26. The SMILES string of the molecule is Cn1cc(C#N)cc1C(=O)N1CCNC(c2ccccc2)C1. The predicted molar refractivity (Wildman–Crippen MR) is 83.2 cm³/mol. The van der Waals surface area contributed by atoms with E-state index in [1.54, 1.807) is 23.9 Å². The molecule has 1 aliphatic rings. The molecule has 0 bridgehead atoms. The van der Waals surface area contributed by atoms with Gasteiger partial charge in [-0.25, -0.2) is 0 Å². The van der Waals surface area contributed by atoms with Gasteiger partial charge in [0.1, 0.15) is 11.8 Å². The zero-order valence-corrected chi connectivity index (χ0v) is 12.5. The fourth-order valence-electron chi connectivity index (χ4n) is 2.84. The fourth-order valence-corrected chi connectivity index (χ4v) is 2.84. The lowest BCUT2D eigenvalue weighted by atomic mass is 10.0. The maximum Gasteiger partial charge on any atom is 0.270 e. The summed E-state index contributed by atoms with van der Waals surface area (Å²) in [6.07, 6.45) is 1.68. The minimum Gasteiger partial charge on any atom is -0.345 e. The number of hydrogen-bond acceptors (Lipinski definition) is 3. The summed E-state index contributed by atoms with van der Waals surface area (Å²) < 4.78 is 1.72. The Morgan fingerprint density at radius 2 is 2.14 bits per heavy atom. The van der Waals surface area contributed by atoms with E-state index in [0.717, 1.165) is 6.54 Å². The van der Waals surface area contributed by atoms with Gasteiger partial charge >= 0.3 is 0 Å². The van der Waals surface area contributed by atoms with Gasteiger partial charge in [0, 0.05) is 38.9 Å². The summed E-state index contributed by atoms with van der Waals surface area (Å²) in [5.74, 6) is -0.0218. The van der Waals surface area contributed by atoms with Crippen molar-refractivity contribution in [3.8, 4) is 6.07 Å². The number of nitriles is 1. The van der Waals surface area contributed by atoms with Gasteiger partial charge in [0.15, 0.2) is 0 Å². The van der Waals surface area contributed by atoms with Crippen molar-refractivity contribution in [3.05, 3.63) is 59.4 Å². The van der Waals surface area contributed by atoms with E-state index in [1.807, 2.05) is 23.1 Å². The van der Waals surface area contributed by atoms with E-state index in [2.05, 4.69) is 23.5 Å². The number of piperazine rings is 1. The number of nitrogens with zero attached hydrogens (tertiary/aromatic N) is 3. The minimum atomic E-state index is -0.0218. The standard InChI is InChI=1S/C17H18N4O/c1-20-11-13(10-18)9-16(20)17(22)21-8-7-19-15(12-21)14-5-3-2-4-6-14/h2-6,9,11,15,19H,7-8,12H2,1H3. The van der Waals surface area contributed by atoms with Crippen molar-refractivity contribution in [2.75, 3.05) is 19.6 Å². The highest BCUT2D eigenvalue weighted by Crippen LogP contribution is 2.19. The van der Waals surface area contributed by atoms with Crippen molar-refractivity contribution >= 4 is 5.91 Å². The predicted octanol–water partition coefficient (Wildman–Crippen LogP) is 1.68. The van der Waals surface area contributed by atoms with Gasteiger partial charge in [-0.1, -0.05) is 30.3 Å². The van der Waals surface area contributed by atoms with Crippen LogP contribution >= 0.6 is 0 Å². The first kappa shape index (κ1) is 14.4. The van der Waals surface area contributed by atoms with Gasteiger partial charge in [-0.2, -0.15) is 5.26 Å². The molecular formula is C17H18N4O. The van der Waals surface area contributed by atoms with Crippen LogP contribution in [-0.4, -0.2) is 35.0 Å². The average molecular weight is 294 g/mol. The van der Waals surface area contributed by atoms with E-state index < -0.39 is 0 Å². The van der Waals surface area contributed by atoms with Crippen LogP contribution in [0.15, 0.2) is 42.6 Å². The molecule has 1 fully saturated rings. The molecule has 1 unspecified atom stereocenters. The molecule has 0 radical (unpaired) electrons. The number of amides is 1. The van der Waals surface area contributed by atoms with Crippen molar-refractivity contribution in [3.63, 3.8) is 0 Å². The van der Waals surface area contributed by atoms with Crippen LogP contribution in [0.1, 0.15) is 27.7 Å². The molecule has 112 valence electrons. The smallest absolute Gasteiger partial charge is 0.270 e. The molecule has 1 aromatic carbocycles. The van der Waals surface area contributed by atoms with Crippen LogP contribution in [0.4, 0.5) is 0 Å². The van der Waals surface area contributed by atoms with Crippen LogP contribution in [0.25, 0.3) is 0 Å². The van der Waals surface area contributed by atoms with Crippen molar-refractivity contribution in [2.45, 2.75) is 6.04 Å². The molecule has 2 aromatic rings. The first-order valence-corrected chi connectivity index (χ1v) is 7.33. The molecule has 2 heterocycles. The van der Waals surface area contributed by atoms with E-state index >= 15 is 0 Å². The zero-order chi connectivity index (χ0) is 15.5. The minimum absolute atomic E-state index is 0.0218. The van der Waals surface area contributed by atoms with E-state index in [4.69, 9.17) is 5.26 Å². The number of hydrogen-bond donors (Lipinski definition) is 1. The molecule has 5 heteroatoms. The van der Waals surface area contributed by atoms with Crippen LogP contribution < -0.4 is 5.32 Å². The van der Waals surface area contributed by atoms with Gasteiger partial charge < -0.3 is 14.8 Å². The Labute approximate surface area is 129 Å². The number of aromatic nitrogens is 1. The Balaban J connectivity index is 1.78. The molecule has 0 saturated carbocycles. The molecule has 1 atom stereocenters. The Morgan fingerprint density at radius 3 is 2.82 bits per heavy atom. The lowest BCUT2D eigenvalue weighted by molar-refractivity contribution is 0.0693. The first-order chi connectivity index (χ1) is 10.7. The summed E-state index contributed by atoms with van der Waals surface area (Å²) in [4.78, 5) is 14.5. The molecule has 5 nitrogen and oxygen atoms in total. The van der Waals surface area contributed by atoms with Crippen LogP contribution in [0.3, 0.4) is 0 Å². The molecule has 0 spiro atoms. The van der Waals surface area contributed by atoms with Gasteiger partial charge in [-0.05, 0) is 11.6 Å². The lowest BCUT2D eigenvalue weighted by Gasteiger charge is -2.34. The summed E-state index contributed by atoms with van der Waals surface area (Å²) in [6.45, 7) is 2.08. The van der Waals surface area contributed by atoms with Gasteiger partial charge in [-0.3, -0.25) is 4.79 Å². The van der Waals surface area contributed by atoms with Crippen LogP contribution in [0.2, 0.25) is 0 Å². The van der Waals surface area contributed by atoms with Crippen molar-refractivity contribution < 1.29 is 4.79 Å². The largest absolute Gasteiger partial charge is 0.345 e. The summed E-state index contributed by atoms with van der Waals surface area (Å²) in [5, 5.41) is 12.4. The number of rotatable bonds is 2. The number of aryl methyl sites for hydroxylation is 1. The highest BCUT2D eigenvalue weighted by molar-refractivity contribution is 5.93. The van der Waals surface area contributed by atoms with Gasteiger partial charge in [0.2, 0.25) is 0 Å². The molecule has 0 aliphatic carbocycles. The van der Waals surface area contributed by atoms with E-state index in [1.165, 1.54) is 5.56 Å². The molecule has 1 amide bonds. The quantitative estimate of drug-likeness (QED) is 0.916. The third-order valence-corrected chi connectivity index (χ3v) is 4.02. The van der Waals surface area contributed by atoms with Crippen LogP contribution in [0, 0.1) is 11.3 Å². The normalized spacial score (nSPS) is 18.0. The topological polar surface area (TPSA) is 61.1 Å². The molecule has 1 saturated heterocycles. The Morgan fingerprint density at radius 1 is 1.36 bits per heavy atom. The third kappa shape index (κ3) is 2.74. The maximum absolute atomic E-state index is 12.7. The van der Waals surface area contributed by atoms with Gasteiger partial charge in [0.25, 0.3) is 5.91 Å². The van der Waals surface area contributed by atoms with Crippen LogP contribution in [-0.2, 0) is 7.05 Å². The number of nitrogens with one attached hydrogen (secondary N) is 1. The van der Waals surface area contributed by atoms with Crippen LogP contribution in [0.5, 0.6) is 0 Å². The molecule has 3 rings (SSSR count). The maximum atomic E-state index is 12.7. The second kappa shape index (κ2) is 6.04. The summed E-state index contributed by atoms with van der Waals surface area (Å²) >= 11 is 0. The van der Waals surface area contributed by atoms with E-state index in [0.29, 0.717) is 24.3 Å². The van der Waals surface area contributed by atoms with Gasteiger partial charge in [0.05, 0.1) is 5.56 Å². The molecular weight excluding hydrogens is 276 g/mol. The molecule has 1 N–H and O–H groups in total. The second-order valence-electron chi connectivity index (χ2n) is 5.51. The number of benzene rings is 1. The Bertz CT molecular complexity index is 714. The van der Waals surface area contributed by atoms with Crippen molar-refractivity contribution in [2.24, 2.45) is 7.05 Å².